The van der Waals surface area contributed by atoms with E-state index in [4.69, 9.17) is 0 Å². The van der Waals surface area contributed by atoms with Crippen LogP contribution in [0.15, 0.2) is 35.2 Å². The molecule has 1 amide bonds. The van der Waals surface area contributed by atoms with Crippen molar-refractivity contribution in [2.75, 3.05) is 5.32 Å². The fourth-order valence-corrected chi connectivity index (χ4v) is 0.882. The average Bonchev–Trinajstić information content (AvgIpc) is 2.72. The number of amides is 1. The topological polar surface area (TPSA) is 80.9 Å². The molecule has 70 valence electrons. The van der Waals surface area contributed by atoms with E-state index < -0.39 is 5.91 Å². The van der Waals surface area contributed by atoms with Gasteiger partial charge in [-0.05, 0) is 17.3 Å². The summed E-state index contributed by atoms with van der Waals surface area (Å²) >= 11 is 0. The van der Waals surface area contributed by atoms with Crippen molar-refractivity contribution in [3.63, 3.8) is 0 Å². The Bertz CT molecular complexity index is 412. The summed E-state index contributed by atoms with van der Waals surface area (Å²) in [6.45, 7) is 0. The van der Waals surface area contributed by atoms with Gasteiger partial charge in [0.15, 0.2) is 5.69 Å². The third-order valence-corrected chi connectivity index (χ3v) is 1.50. The summed E-state index contributed by atoms with van der Waals surface area (Å²) in [6.07, 6.45) is 2.81. The zero-order chi connectivity index (χ0) is 9.80. The molecule has 2 rings (SSSR count). The first kappa shape index (κ1) is 8.36. The van der Waals surface area contributed by atoms with Gasteiger partial charge in [0.25, 0.3) is 5.91 Å². The molecule has 0 aliphatic rings. The van der Waals surface area contributed by atoms with Crippen LogP contribution in [-0.2, 0) is 0 Å². The normalized spacial score (nSPS) is 9.71. The average molecular weight is 190 g/mol. The van der Waals surface area contributed by atoms with Crippen LogP contribution in [0.1, 0.15) is 10.5 Å². The third-order valence-electron chi connectivity index (χ3n) is 1.50. The van der Waals surface area contributed by atoms with Crippen LogP contribution in [0.4, 0.5) is 5.82 Å². The lowest BCUT2D eigenvalue weighted by atomic mass is 10.4. The molecule has 0 saturated carbocycles. The molecular formula is C8H6N4O2. The molecule has 0 fully saturated rings. The quantitative estimate of drug-likeness (QED) is 0.754. The number of aromatic nitrogens is 3. The number of pyridine rings is 1. The Labute approximate surface area is 78.9 Å². The largest absolute Gasteiger partial charge is 0.305 e. The first-order chi connectivity index (χ1) is 6.86. The summed E-state index contributed by atoms with van der Waals surface area (Å²) in [6, 6.07) is 5.20. The molecule has 0 aliphatic carbocycles. The summed E-state index contributed by atoms with van der Waals surface area (Å²) < 4.78 is 4.29. The number of nitrogens with zero attached hydrogens (tertiary/aromatic N) is 3. The number of hydrogen-bond acceptors (Lipinski definition) is 5. The van der Waals surface area contributed by atoms with Crippen LogP contribution in [0.3, 0.4) is 0 Å². The molecule has 0 aromatic carbocycles. The van der Waals surface area contributed by atoms with E-state index in [2.05, 4.69) is 25.2 Å². The molecule has 0 unspecified atom stereocenters. The Morgan fingerprint density at radius 2 is 2.36 bits per heavy atom. The van der Waals surface area contributed by atoms with Crippen molar-refractivity contribution in [3.05, 3.63) is 36.3 Å². The van der Waals surface area contributed by atoms with E-state index in [1.54, 1.807) is 24.4 Å². The molecule has 0 aliphatic heterocycles. The zero-order valence-corrected chi connectivity index (χ0v) is 7.04. The molecular weight excluding hydrogens is 184 g/mol. The second-order valence-electron chi connectivity index (χ2n) is 2.46. The van der Waals surface area contributed by atoms with Crippen molar-refractivity contribution >= 4 is 11.7 Å². The van der Waals surface area contributed by atoms with Crippen LogP contribution in [0.25, 0.3) is 0 Å². The Kier molecular flexibility index (Phi) is 2.18. The first-order valence-electron chi connectivity index (χ1n) is 3.86. The van der Waals surface area contributed by atoms with Gasteiger partial charge in [-0.15, -0.1) is 0 Å². The lowest BCUT2D eigenvalue weighted by molar-refractivity contribution is 0.101. The van der Waals surface area contributed by atoms with Crippen molar-refractivity contribution in [2.24, 2.45) is 0 Å². The Morgan fingerprint density at radius 3 is 3.00 bits per heavy atom. The Balaban J connectivity index is 2.10. The van der Waals surface area contributed by atoms with Crippen LogP contribution in [0, 0.1) is 0 Å². The summed E-state index contributed by atoms with van der Waals surface area (Å²) in [5.74, 6) is 0.0606. The highest BCUT2D eigenvalue weighted by Gasteiger charge is 2.09. The molecule has 2 aromatic heterocycles. The predicted molar refractivity (Wildman–Crippen MR) is 46.5 cm³/mol. The van der Waals surface area contributed by atoms with Gasteiger partial charge in [0, 0.05) is 6.20 Å². The molecule has 0 radical (unpaired) electrons. The second-order valence-corrected chi connectivity index (χ2v) is 2.46. The minimum Gasteiger partial charge on any atom is -0.305 e. The predicted octanol–water partition coefficient (Wildman–Crippen LogP) is 0.717. The van der Waals surface area contributed by atoms with Crippen molar-refractivity contribution in [3.8, 4) is 0 Å². The number of rotatable bonds is 2. The van der Waals surface area contributed by atoms with Gasteiger partial charge in [0.1, 0.15) is 12.0 Å². The van der Waals surface area contributed by atoms with Crippen molar-refractivity contribution in [1.29, 1.82) is 0 Å². The van der Waals surface area contributed by atoms with Gasteiger partial charge in [-0.1, -0.05) is 11.2 Å². The van der Waals surface area contributed by atoms with E-state index in [0.29, 0.717) is 5.82 Å². The molecule has 0 atom stereocenters. The van der Waals surface area contributed by atoms with E-state index in [9.17, 15) is 4.79 Å². The maximum atomic E-state index is 11.4. The van der Waals surface area contributed by atoms with Crippen molar-refractivity contribution in [1.82, 2.24) is 15.3 Å². The van der Waals surface area contributed by atoms with Gasteiger partial charge in [-0.3, -0.25) is 4.79 Å². The molecule has 2 aromatic rings. The Hall–Kier alpha value is -2.24. The molecule has 6 heteroatoms. The minimum atomic E-state index is -0.398. The van der Waals surface area contributed by atoms with Gasteiger partial charge in [0.2, 0.25) is 0 Å². The maximum absolute atomic E-state index is 11.4. The number of anilines is 1. The fraction of sp³-hybridized carbons (Fsp3) is 0. The van der Waals surface area contributed by atoms with E-state index in [0.717, 1.165) is 0 Å². The standard InChI is InChI=1S/C8H6N4O2/c13-8(6-5-10-14-12-6)11-7-3-1-2-4-9-7/h1-5H,(H,9,11,13). The highest BCUT2D eigenvalue weighted by molar-refractivity contribution is 6.01. The van der Waals surface area contributed by atoms with Crippen LogP contribution >= 0.6 is 0 Å². The van der Waals surface area contributed by atoms with Crippen molar-refractivity contribution in [2.45, 2.75) is 0 Å². The van der Waals surface area contributed by atoms with Crippen LogP contribution < -0.4 is 5.32 Å². The Morgan fingerprint density at radius 1 is 1.43 bits per heavy atom. The van der Waals surface area contributed by atoms with Crippen LogP contribution in [-0.4, -0.2) is 21.2 Å². The summed E-state index contributed by atoms with van der Waals surface area (Å²) in [5.41, 5.74) is 0.121. The monoisotopic (exact) mass is 190 g/mol. The third kappa shape index (κ3) is 1.74. The smallest absolute Gasteiger partial charge is 0.280 e. The van der Waals surface area contributed by atoms with Gasteiger partial charge in [-0.25, -0.2) is 9.61 Å². The van der Waals surface area contributed by atoms with Gasteiger partial charge < -0.3 is 5.32 Å². The summed E-state index contributed by atoms with van der Waals surface area (Å²) in [5, 5.41) is 9.24. The van der Waals surface area contributed by atoms with Crippen LogP contribution in [0.2, 0.25) is 0 Å². The first-order valence-corrected chi connectivity index (χ1v) is 3.86. The van der Waals surface area contributed by atoms with Crippen molar-refractivity contribution < 1.29 is 9.42 Å². The highest BCUT2D eigenvalue weighted by Crippen LogP contribution is 2.02. The fourth-order valence-electron chi connectivity index (χ4n) is 0.882. The van der Waals surface area contributed by atoms with E-state index in [1.165, 1.54) is 6.20 Å². The summed E-state index contributed by atoms with van der Waals surface area (Å²) in [4.78, 5) is 15.3. The van der Waals surface area contributed by atoms with E-state index in [-0.39, 0.29) is 5.69 Å². The molecule has 0 spiro atoms. The van der Waals surface area contributed by atoms with E-state index in [1.807, 2.05) is 0 Å². The zero-order valence-electron chi connectivity index (χ0n) is 7.04. The van der Waals surface area contributed by atoms with Gasteiger partial charge >= 0.3 is 0 Å². The number of carbonyl (C=O) groups excluding carboxylic acids is 1. The maximum Gasteiger partial charge on any atom is 0.280 e. The van der Waals surface area contributed by atoms with E-state index >= 15 is 0 Å². The van der Waals surface area contributed by atoms with Gasteiger partial charge in [0.05, 0.1) is 0 Å². The molecule has 0 saturated heterocycles. The lowest BCUT2D eigenvalue weighted by Gasteiger charge is -1.99. The molecule has 14 heavy (non-hydrogen) atoms. The molecule has 2 heterocycles. The minimum absolute atomic E-state index is 0.121. The molecule has 1 N–H and O–H groups in total. The number of carbonyl (C=O) groups is 1. The molecule has 6 nitrogen and oxygen atoms in total. The van der Waals surface area contributed by atoms with Crippen LogP contribution in [0.5, 0.6) is 0 Å². The highest BCUT2D eigenvalue weighted by atomic mass is 16.6. The second kappa shape index (κ2) is 3.65. The summed E-state index contributed by atoms with van der Waals surface area (Å²) in [7, 11) is 0. The molecule has 0 bridgehead atoms. The SMILES string of the molecule is O=C(Nc1ccccn1)c1cnon1. The number of hydrogen-bond donors (Lipinski definition) is 1. The number of nitrogens with one attached hydrogen (secondary N) is 1. The lowest BCUT2D eigenvalue weighted by Crippen LogP contribution is -2.12. The van der Waals surface area contributed by atoms with Gasteiger partial charge in [-0.2, -0.15) is 0 Å².